The van der Waals surface area contributed by atoms with Gasteiger partial charge in [-0.1, -0.05) is 35.9 Å². The number of carbonyl (C=O) groups excluding carboxylic acids is 3. The number of benzene rings is 3. The van der Waals surface area contributed by atoms with Gasteiger partial charge < -0.3 is 18.9 Å². The lowest BCUT2D eigenvalue weighted by Crippen LogP contribution is -2.15. The van der Waals surface area contributed by atoms with E-state index in [1.807, 2.05) is 25.1 Å². The minimum atomic E-state index is -0.772. The molecule has 4 rings (SSSR count). The molecule has 0 fully saturated rings. The maximum atomic E-state index is 12.9. The van der Waals surface area contributed by atoms with Crippen LogP contribution < -0.4 is 9.47 Å². The van der Waals surface area contributed by atoms with Crippen LogP contribution in [0.3, 0.4) is 0 Å². The van der Waals surface area contributed by atoms with Crippen molar-refractivity contribution in [3.05, 3.63) is 95.2 Å². The smallest absolute Gasteiger partial charge is 0.357 e. The third kappa shape index (κ3) is 5.06. The highest BCUT2D eigenvalue weighted by Crippen LogP contribution is 2.36. The van der Waals surface area contributed by atoms with E-state index in [-0.39, 0.29) is 28.5 Å². The first-order valence-electron chi connectivity index (χ1n) is 11.2. The minimum Gasteiger partial charge on any atom is -0.493 e. The number of hydrogen-bond donors (Lipinski definition) is 0. The molecule has 9 nitrogen and oxygen atoms in total. The summed E-state index contributed by atoms with van der Waals surface area (Å²) >= 11 is 0. The Balaban J connectivity index is 1.82. The molecule has 188 valence electrons. The van der Waals surface area contributed by atoms with Crippen molar-refractivity contribution in [1.29, 1.82) is 0 Å². The number of nitrogens with zero attached hydrogens (tertiary/aromatic N) is 2. The standard InChI is InChI=1S/C28H24N2O7/c1-17-10-12-18(13-11-17)26(31)37-21-15-14-19(16-22(21)34-2)24-23(27(32)35-3)25(28(33)36-4)30(29-24)20-8-6-5-7-9-20/h5-16H,1-4H3. The number of esters is 3. The number of hydrogen-bond acceptors (Lipinski definition) is 8. The molecule has 0 atom stereocenters. The van der Waals surface area contributed by atoms with Crippen LogP contribution in [0.1, 0.15) is 36.8 Å². The van der Waals surface area contributed by atoms with Gasteiger partial charge in [0.2, 0.25) is 0 Å². The Morgan fingerprint density at radius 3 is 2.05 bits per heavy atom. The Kier molecular flexibility index (Phi) is 7.34. The third-order valence-corrected chi connectivity index (χ3v) is 5.58. The first-order valence-corrected chi connectivity index (χ1v) is 11.2. The fraction of sp³-hybridized carbons (Fsp3) is 0.143. The van der Waals surface area contributed by atoms with Gasteiger partial charge in [0.15, 0.2) is 17.2 Å². The second-order valence-corrected chi connectivity index (χ2v) is 7.92. The zero-order chi connectivity index (χ0) is 26.5. The van der Waals surface area contributed by atoms with Crippen molar-refractivity contribution in [3.63, 3.8) is 0 Å². The molecule has 0 saturated heterocycles. The first kappa shape index (κ1) is 25.2. The summed E-state index contributed by atoms with van der Waals surface area (Å²) in [4.78, 5) is 38.3. The maximum absolute atomic E-state index is 12.9. The maximum Gasteiger partial charge on any atom is 0.357 e. The quantitative estimate of drug-likeness (QED) is 0.267. The van der Waals surface area contributed by atoms with E-state index < -0.39 is 17.9 Å². The van der Waals surface area contributed by atoms with Gasteiger partial charge in [-0.15, -0.1) is 0 Å². The Morgan fingerprint density at radius 1 is 0.757 bits per heavy atom. The molecule has 0 aliphatic carbocycles. The highest BCUT2D eigenvalue weighted by Gasteiger charge is 2.31. The van der Waals surface area contributed by atoms with Gasteiger partial charge in [0.05, 0.1) is 32.6 Å². The molecule has 0 spiro atoms. The van der Waals surface area contributed by atoms with Crippen LogP contribution in [0, 0.1) is 6.92 Å². The van der Waals surface area contributed by atoms with E-state index in [4.69, 9.17) is 18.9 Å². The monoisotopic (exact) mass is 500 g/mol. The van der Waals surface area contributed by atoms with E-state index in [2.05, 4.69) is 5.10 Å². The molecule has 37 heavy (non-hydrogen) atoms. The van der Waals surface area contributed by atoms with Crippen molar-refractivity contribution >= 4 is 17.9 Å². The molecule has 0 aliphatic rings. The molecule has 1 aromatic heterocycles. The van der Waals surface area contributed by atoms with Crippen molar-refractivity contribution in [2.75, 3.05) is 21.3 Å². The molecule has 0 N–H and O–H groups in total. The fourth-order valence-corrected chi connectivity index (χ4v) is 3.70. The van der Waals surface area contributed by atoms with Crippen molar-refractivity contribution in [2.24, 2.45) is 0 Å². The number of rotatable bonds is 7. The average molecular weight is 501 g/mol. The van der Waals surface area contributed by atoms with Crippen LogP contribution in [0.2, 0.25) is 0 Å². The fourth-order valence-electron chi connectivity index (χ4n) is 3.70. The lowest BCUT2D eigenvalue weighted by molar-refractivity contribution is 0.0549. The molecule has 3 aromatic carbocycles. The predicted molar refractivity (Wildman–Crippen MR) is 134 cm³/mol. The molecule has 0 aliphatic heterocycles. The zero-order valence-electron chi connectivity index (χ0n) is 20.7. The molecule has 0 amide bonds. The summed E-state index contributed by atoms with van der Waals surface area (Å²) in [7, 11) is 3.85. The summed E-state index contributed by atoms with van der Waals surface area (Å²) in [5, 5.41) is 4.56. The average Bonchev–Trinajstić information content (AvgIpc) is 3.34. The first-order chi connectivity index (χ1) is 17.9. The number of aromatic nitrogens is 2. The number of para-hydroxylation sites is 1. The molecule has 0 unspecified atom stereocenters. The van der Waals surface area contributed by atoms with E-state index >= 15 is 0 Å². The van der Waals surface area contributed by atoms with Crippen molar-refractivity contribution in [2.45, 2.75) is 6.92 Å². The minimum absolute atomic E-state index is 0.0790. The van der Waals surface area contributed by atoms with Gasteiger partial charge in [0, 0.05) is 5.56 Å². The van der Waals surface area contributed by atoms with E-state index in [0.29, 0.717) is 16.8 Å². The van der Waals surface area contributed by atoms with E-state index in [1.165, 1.54) is 32.1 Å². The summed E-state index contributed by atoms with van der Waals surface area (Å²) in [5.41, 5.74) is 2.34. The number of carbonyl (C=O) groups is 3. The largest absolute Gasteiger partial charge is 0.493 e. The van der Waals surface area contributed by atoms with Crippen LogP contribution in [-0.4, -0.2) is 49.0 Å². The Hall–Kier alpha value is -4.92. The lowest BCUT2D eigenvalue weighted by atomic mass is 10.0. The summed E-state index contributed by atoms with van der Waals surface area (Å²) in [6, 6.07) is 20.5. The normalized spacial score (nSPS) is 10.5. The summed E-state index contributed by atoms with van der Waals surface area (Å²) in [6.07, 6.45) is 0. The SMILES string of the molecule is COC(=O)c1c(-c2ccc(OC(=O)c3ccc(C)cc3)c(OC)c2)nn(-c2ccccc2)c1C(=O)OC. The molecule has 1 heterocycles. The van der Waals surface area contributed by atoms with Crippen LogP contribution in [-0.2, 0) is 9.47 Å². The van der Waals surface area contributed by atoms with Crippen LogP contribution in [0.15, 0.2) is 72.8 Å². The molecular weight excluding hydrogens is 476 g/mol. The van der Waals surface area contributed by atoms with Gasteiger partial charge in [-0.2, -0.15) is 5.10 Å². The Bertz CT molecular complexity index is 1460. The second kappa shape index (κ2) is 10.8. The topological polar surface area (TPSA) is 106 Å². The van der Waals surface area contributed by atoms with Crippen molar-refractivity contribution in [3.8, 4) is 28.4 Å². The van der Waals surface area contributed by atoms with Crippen LogP contribution >= 0.6 is 0 Å². The van der Waals surface area contributed by atoms with Crippen LogP contribution in [0.5, 0.6) is 11.5 Å². The van der Waals surface area contributed by atoms with Crippen molar-refractivity contribution < 1.29 is 33.3 Å². The molecule has 0 bridgehead atoms. The Labute approximate surface area is 213 Å². The van der Waals surface area contributed by atoms with Crippen LogP contribution in [0.25, 0.3) is 16.9 Å². The molecule has 4 aromatic rings. The zero-order valence-corrected chi connectivity index (χ0v) is 20.7. The van der Waals surface area contributed by atoms with Crippen molar-refractivity contribution in [1.82, 2.24) is 9.78 Å². The highest BCUT2D eigenvalue weighted by molar-refractivity contribution is 6.07. The van der Waals surface area contributed by atoms with Gasteiger partial charge >= 0.3 is 17.9 Å². The van der Waals surface area contributed by atoms with E-state index in [1.54, 1.807) is 48.5 Å². The summed E-state index contributed by atoms with van der Waals surface area (Å²) in [6.45, 7) is 1.92. The van der Waals surface area contributed by atoms with Gasteiger partial charge in [-0.3, -0.25) is 0 Å². The molecule has 0 radical (unpaired) electrons. The highest BCUT2D eigenvalue weighted by atomic mass is 16.6. The molecule has 9 heteroatoms. The number of aryl methyl sites for hydroxylation is 1. The second-order valence-electron chi connectivity index (χ2n) is 7.92. The van der Waals surface area contributed by atoms with Gasteiger partial charge in [0.1, 0.15) is 11.3 Å². The van der Waals surface area contributed by atoms with Crippen LogP contribution in [0.4, 0.5) is 0 Å². The lowest BCUT2D eigenvalue weighted by Gasteiger charge is -2.11. The predicted octanol–water partition coefficient (Wildman–Crippen LogP) is 4.65. The number of ether oxygens (including phenoxy) is 4. The van der Waals surface area contributed by atoms with Gasteiger partial charge in [0.25, 0.3) is 0 Å². The third-order valence-electron chi connectivity index (χ3n) is 5.58. The molecule has 0 saturated carbocycles. The van der Waals surface area contributed by atoms with E-state index in [0.717, 1.165) is 5.56 Å². The van der Waals surface area contributed by atoms with Gasteiger partial charge in [-0.25, -0.2) is 19.1 Å². The summed E-state index contributed by atoms with van der Waals surface area (Å²) < 4.78 is 22.3. The van der Waals surface area contributed by atoms with E-state index in [9.17, 15) is 14.4 Å². The number of methoxy groups -OCH3 is 3. The van der Waals surface area contributed by atoms with Gasteiger partial charge in [-0.05, 0) is 49.4 Å². The molecular formula is C28H24N2O7. The Morgan fingerprint density at radius 2 is 1.43 bits per heavy atom. The summed E-state index contributed by atoms with van der Waals surface area (Å²) in [5.74, 6) is -1.69.